The van der Waals surface area contributed by atoms with E-state index in [2.05, 4.69) is 68.0 Å². The summed E-state index contributed by atoms with van der Waals surface area (Å²) in [5.41, 5.74) is 6.01. The van der Waals surface area contributed by atoms with Crippen LogP contribution >= 0.6 is 11.6 Å². The van der Waals surface area contributed by atoms with Crippen molar-refractivity contribution in [1.29, 1.82) is 0 Å². The molecule has 10 heteroatoms. The molecule has 1 aliphatic heterocycles. The Labute approximate surface area is 280 Å². The van der Waals surface area contributed by atoms with Gasteiger partial charge in [0, 0.05) is 49.1 Å². The predicted octanol–water partition coefficient (Wildman–Crippen LogP) is 6.92. The van der Waals surface area contributed by atoms with E-state index < -0.39 is 0 Å². The van der Waals surface area contributed by atoms with Crippen LogP contribution in [0.2, 0.25) is 5.02 Å². The monoisotopic (exact) mass is 651 g/mol. The van der Waals surface area contributed by atoms with Gasteiger partial charge >= 0.3 is 6.03 Å². The molecule has 47 heavy (non-hydrogen) atoms. The van der Waals surface area contributed by atoms with Gasteiger partial charge in [0.25, 0.3) is 0 Å². The second kappa shape index (κ2) is 15.2. The molecule has 1 fully saturated rings. The van der Waals surface area contributed by atoms with Gasteiger partial charge in [0.05, 0.1) is 24.0 Å². The van der Waals surface area contributed by atoms with Gasteiger partial charge < -0.3 is 15.5 Å². The van der Waals surface area contributed by atoms with Crippen molar-refractivity contribution in [2.24, 2.45) is 0 Å². The van der Waals surface area contributed by atoms with Crippen molar-refractivity contribution in [2.75, 3.05) is 36.4 Å². The molecule has 8 nitrogen and oxygen atoms in total. The van der Waals surface area contributed by atoms with Gasteiger partial charge in [0.15, 0.2) is 0 Å². The van der Waals surface area contributed by atoms with E-state index in [-0.39, 0.29) is 23.9 Å². The van der Waals surface area contributed by atoms with E-state index >= 15 is 0 Å². The lowest BCUT2D eigenvalue weighted by Crippen LogP contribution is -2.46. The highest BCUT2D eigenvalue weighted by Gasteiger charge is 2.28. The molecule has 4 aromatic carbocycles. The molecule has 0 aliphatic carbocycles. The quantitative estimate of drug-likeness (QED) is 0.162. The third kappa shape index (κ3) is 8.75. The number of piperazine rings is 1. The normalized spacial score (nSPS) is 14.8. The van der Waals surface area contributed by atoms with Gasteiger partial charge in [-0.05, 0) is 72.9 Å². The number of aromatic nitrogens is 3. The first-order valence-corrected chi connectivity index (χ1v) is 16.3. The average molecular weight is 652 g/mol. The van der Waals surface area contributed by atoms with Crippen molar-refractivity contribution >= 4 is 29.0 Å². The van der Waals surface area contributed by atoms with E-state index in [1.54, 1.807) is 12.1 Å². The zero-order valence-electron chi connectivity index (χ0n) is 26.4. The van der Waals surface area contributed by atoms with Crippen LogP contribution in [0.25, 0.3) is 0 Å². The molecule has 6 rings (SSSR count). The standard InChI is InChI=1S/C37H39ClFN7O/c1-27-12-13-30(38)24-35(27)45-20-18-44(19-21-45)25-33-26-46(43-42-33)36(23-29-10-6-3-7-11-29)34(22-28-8-4-2-5-9-28)41-37(47)40-32-16-14-31(39)15-17-32/h2-17,24,26,34,36H,18-23,25H2,1H3,(H2,40,41,47)/t34-,36-/m0/s1. The molecule has 0 unspecified atom stereocenters. The zero-order valence-corrected chi connectivity index (χ0v) is 27.2. The van der Waals surface area contributed by atoms with Crippen LogP contribution in [-0.4, -0.2) is 58.1 Å². The van der Waals surface area contributed by atoms with E-state index in [1.807, 2.05) is 59.4 Å². The Morgan fingerprint density at radius 1 is 0.872 bits per heavy atom. The molecule has 0 radical (unpaired) electrons. The van der Waals surface area contributed by atoms with Crippen molar-refractivity contribution < 1.29 is 9.18 Å². The van der Waals surface area contributed by atoms with Crippen molar-refractivity contribution in [3.8, 4) is 0 Å². The zero-order chi connectivity index (χ0) is 32.6. The molecule has 5 aromatic rings. The van der Waals surface area contributed by atoms with Gasteiger partial charge in [-0.2, -0.15) is 0 Å². The average Bonchev–Trinajstić information content (AvgIpc) is 3.55. The van der Waals surface area contributed by atoms with Crippen molar-refractivity contribution in [3.63, 3.8) is 0 Å². The number of carbonyl (C=O) groups is 1. The molecule has 0 bridgehead atoms. The third-order valence-electron chi connectivity index (χ3n) is 8.64. The first-order chi connectivity index (χ1) is 22.9. The topological polar surface area (TPSA) is 78.3 Å². The highest BCUT2D eigenvalue weighted by atomic mass is 35.5. The minimum Gasteiger partial charge on any atom is -0.369 e. The van der Waals surface area contributed by atoms with E-state index in [0.717, 1.165) is 48.0 Å². The number of hydrogen-bond acceptors (Lipinski definition) is 5. The van der Waals surface area contributed by atoms with Crippen LogP contribution < -0.4 is 15.5 Å². The highest BCUT2D eigenvalue weighted by Crippen LogP contribution is 2.26. The van der Waals surface area contributed by atoms with Gasteiger partial charge in [0.1, 0.15) is 5.82 Å². The first-order valence-electron chi connectivity index (χ1n) is 15.9. The second-order valence-electron chi connectivity index (χ2n) is 12.0. The van der Waals surface area contributed by atoms with Crippen molar-refractivity contribution in [3.05, 3.63) is 143 Å². The maximum Gasteiger partial charge on any atom is 0.319 e. The number of rotatable bonds is 11. The largest absolute Gasteiger partial charge is 0.369 e. The summed E-state index contributed by atoms with van der Waals surface area (Å²) in [7, 11) is 0. The Kier molecular flexibility index (Phi) is 10.4. The van der Waals surface area contributed by atoms with Crippen molar-refractivity contribution in [1.82, 2.24) is 25.2 Å². The molecule has 1 saturated heterocycles. The Morgan fingerprint density at radius 2 is 1.53 bits per heavy atom. The van der Waals surface area contributed by atoms with E-state index in [0.29, 0.717) is 25.1 Å². The Balaban J connectivity index is 1.20. The summed E-state index contributed by atoms with van der Waals surface area (Å²) in [6.45, 7) is 6.40. The number of hydrogen-bond donors (Lipinski definition) is 2. The summed E-state index contributed by atoms with van der Waals surface area (Å²) >= 11 is 6.29. The Bertz CT molecular complexity index is 1740. The van der Waals surface area contributed by atoms with Crippen LogP contribution in [0.5, 0.6) is 0 Å². The van der Waals surface area contributed by atoms with Gasteiger partial charge in [-0.1, -0.05) is 83.5 Å². The number of anilines is 2. The molecular weight excluding hydrogens is 613 g/mol. The second-order valence-corrected chi connectivity index (χ2v) is 12.5. The van der Waals surface area contributed by atoms with Crippen LogP contribution in [-0.2, 0) is 19.4 Å². The molecule has 0 saturated carbocycles. The first kappa shape index (κ1) is 32.2. The molecule has 2 amide bonds. The van der Waals surface area contributed by atoms with Crippen molar-refractivity contribution in [2.45, 2.75) is 38.4 Å². The minimum atomic E-state index is -0.372. The predicted molar refractivity (Wildman–Crippen MR) is 185 cm³/mol. The summed E-state index contributed by atoms with van der Waals surface area (Å²) in [5, 5.41) is 16.0. The summed E-state index contributed by atoms with van der Waals surface area (Å²) in [4.78, 5) is 18.1. The summed E-state index contributed by atoms with van der Waals surface area (Å²) in [6.07, 6.45) is 3.23. The highest BCUT2D eigenvalue weighted by molar-refractivity contribution is 6.30. The molecule has 2 N–H and O–H groups in total. The molecule has 0 spiro atoms. The summed E-state index contributed by atoms with van der Waals surface area (Å²) in [5.74, 6) is -0.360. The lowest BCUT2D eigenvalue weighted by Gasteiger charge is -2.36. The fraction of sp³-hybridized carbons (Fsp3) is 0.270. The third-order valence-corrected chi connectivity index (χ3v) is 8.87. The van der Waals surface area contributed by atoms with Gasteiger partial charge in [-0.25, -0.2) is 13.9 Å². The number of aryl methyl sites for hydroxylation is 1. The maximum atomic E-state index is 13.5. The van der Waals surface area contributed by atoms with Gasteiger partial charge in [-0.3, -0.25) is 4.90 Å². The number of nitrogens with one attached hydrogen (secondary N) is 2. The molecule has 242 valence electrons. The molecule has 1 aliphatic rings. The van der Waals surface area contributed by atoms with Crippen LogP contribution in [0.4, 0.5) is 20.6 Å². The van der Waals surface area contributed by atoms with Gasteiger partial charge in [0.2, 0.25) is 0 Å². The SMILES string of the molecule is Cc1ccc(Cl)cc1N1CCN(Cc2cn([C@@H](Cc3ccccc3)[C@H](Cc3ccccc3)NC(=O)Nc3ccc(F)cc3)nn2)CC1. The molecule has 2 atom stereocenters. The molecular formula is C37H39ClFN7O. The fourth-order valence-corrected chi connectivity index (χ4v) is 6.31. The van der Waals surface area contributed by atoms with Crippen LogP contribution in [0, 0.1) is 12.7 Å². The van der Waals surface area contributed by atoms with E-state index in [4.69, 9.17) is 11.6 Å². The smallest absolute Gasteiger partial charge is 0.319 e. The molecule has 1 aromatic heterocycles. The number of benzene rings is 4. The lowest BCUT2D eigenvalue weighted by molar-refractivity contribution is 0.239. The van der Waals surface area contributed by atoms with Crippen LogP contribution in [0.1, 0.15) is 28.4 Å². The van der Waals surface area contributed by atoms with E-state index in [1.165, 1.54) is 23.4 Å². The number of nitrogens with zero attached hydrogens (tertiary/aromatic N) is 5. The Morgan fingerprint density at radius 3 is 2.21 bits per heavy atom. The molecule has 2 heterocycles. The number of amides is 2. The fourth-order valence-electron chi connectivity index (χ4n) is 6.14. The maximum absolute atomic E-state index is 13.5. The number of halogens is 2. The minimum absolute atomic E-state index is 0.236. The van der Waals surface area contributed by atoms with Crippen LogP contribution in [0.15, 0.2) is 109 Å². The van der Waals surface area contributed by atoms with Crippen LogP contribution in [0.3, 0.4) is 0 Å². The number of carbonyl (C=O) groups excluding carboxylic acids is 1. The summed E-state index contributed by atoms with van der Waals surface area (Å²) in [6, 6.07) is 31.1. The van der Waals surface area contributed by atoms with E-state index in [9.17, 15) is 9.18 Å². The number of urea groups is 1. The lowest BCUT2D eigenvalue weighted by atomic mass is 9.94. The Hall–Kier alpha value is -4.73. The summed E-state index contributed by atoms with van der Waals surface area (Å²) < 4.78 is 15.4. The van der Waals surface area contributed by atoms with Gasteiger partial charge in [-0.15, -0.1) is 5.10 Å².